The molecule has 38 heavy (non-hydrogen) atoms. The van der Waals surface area contributed by atoms with Crippen molar-refractivity contribution in [2.75, 3.05) is 25.0 Å². The summed E-state index contributed by atoms with van der Waals surface area (Å²) >= 11 is 0. The van der Waals surface area contributed by atoms with Crippen molar-refractivity contribution in [1.29, 1.82) is 0 Å². The van der Waals surface area contributed by atoms with Crippen LogP contribution in [-0.4, -0.2) is 60.7 Å². The Morgan fingerprint density at radius 1 is 1.18 bits per heavy atom. The number of carbonyl (C=O) groups is 3. The van der Waals surface area contributed by atoms with Gasteiger partial charge in [-0.1, -0.05) is 35.8 Å². The number of ether oxygens (including phenoxy) is 1. The standard InChI is InChI=1S/C25H35N7O6/c1-6-31(19-14-13-16-10-7-8-11-17(16)20(19)21(33)27-5)22(34)18(29-24(35)38-25(2,3)4)12-9-15-28-23(26)30-32(36)37/h7-8,10-11,13-14,18H,6,9,12,15H2,1-5H3,(H,27,33)(H,29,35)(H3,26,28,30). The maximum absolute atomic E-state index is 13.8. The van der Waals surface area contributed by atoms with Crippen LogP contribution in [0.2, 0.25) is 0 Å². The predicted molar refractivity (Wildman–Crippen MR) is 144 cm³/mol. The Bertz CT molecular complexity index is 1210. The van der Waals surface area contributed by atoms with Gasteiger partial charge in [0.15, 0.2) is 5.03 Å². The van der Waals surface area contributed by atoms with Gasteiger partial charge in [0.05, 0.1) is 11.3 Å². The fourth-order valence-corrected chi connectivity index (χ4v) is 3.81. The molecule has 0 aliphatic carbocycles. The summed E-state index contributed by atoms with van der Waals surface area (Å²) in [5.74, 6) is -1.19. The summed E-state index contributed by atoms with van der Waals surface area (Å²) in [6.07, 6.45) is -0.383. The zero-order valence-corrected chi connectivity index (χ0v) is 22.2. The number of carbonyl (C=O) groups excluding carboxylic acids is 3. The first-order valence-electron chi connectivity index (χ1n) is 12.1. The molecule has 0 radical (unpaired) electrons. The topological polar surface area (TPSA) is 181 Å². The van der Waals surface area contributed by atoms with Gasteiger partial charge >= 0.3 is 6.09 Å². The van der Waals surface area contributed by atoms with Gasteiger partial charge in [-0.25, -0.2) is 19.9 Å². The number of likely N-dealkylation sites (N-methyl/N-ethyl adjacent to an activating group) is 1. The molecule has 5 N–H and O–H groups in total. The van der Waals surface area contributed by atoms with E-state index >= 15 is 0 Å². The minimum absolute atomic E-state index is 0.0675. The van der Waals surface area contributed by atoms with Crippen molar-refractivity contribution in [3.63, 3.8) is 0 Å². The average molecular weight is 530 g/mol. The normalized spacial score (nSPS) is 12.4. The molecular weight excluding hydrogens is 494 g/mol. The molecule has 0 saturated heterocycles. The molecule has 0 spiro atoms. The van der Waals surface area contributed by atoms with Crippen LogP contribution in [0.3, 0.4) is 0 Å². The van der Waals surface area contributed by atoms with Crippen LogP contribution in [0.1, 0.15) is 50.9 Å². The third-order valence-corrected chi connectivity index (χ3v) is 5.36. The SMILES string of the molecule is CCN(C(=O)C(CCCN=C(N)N[N+](=O)[O-])NC(=O)OC(C)(C)C)c1ccc2ccccc2c1C(=O)NC. The number of anilines is 1. The van der Waals surface area contributed by atoms with Crippen LogP contribution in [0.4, 0.5) is 10.5 Å². The number of aliphatic imine (C=N–C) groups is 1. The Kier molecular flexibility index (Phi) is 10.4. The maximum atomic E-state index is 13.8. The van der Waals surface area contributed by atoms with E-state index in [9.17, 15) is 24.5 Å². The summed E-state index contributed by atoms with van der Waals surface area (Å²) in [5, 5.41) is 16.4. The van der Waals surface area contributed by atoms with Gasteiger partial charge in [0.25, 0.3) is 11.9 Å². The second kappa shape index (κ2) is 13.2. The monoisotopic (exact) mass is 529 g/mol. The van der Waals surface area contributed by atoms with Crippen molar-refractivity contribution in [2.45, 2.75) is 52.2 Å². The molecule has 0 heterocycles. The molecule has 0 bridgehead atoms. The number of rotatable bonds is 10. The quantitative estimate of drug-likeness (QED) is 0.119. The van der Waals surface area contributed by atoms with Crippen LogP contribution >= 0.6 is 0 Å². The van der Waals surface area contributed by atoms with Gasteiger partial charge in [-0.05, 0) is 57.4 Å². The van der Waals surface area contributed by atoms with E-state index < -0.39 is 28.7 Å². The van der Waals surface area contributed by atoms with Gasteiger partial charge in [-0.15, -0.1) is 0 Å². The summed E-state index contributed by atoms with van der Waals surface area (Å²) in [5.41, 5.74) is 7.12. The Morgan fingerprint density at radius 3 is 2.47 bits per heavy atom. The maximum Gasteiger partial charge on any atom is 0.408 e. The van der Waals surface area contributed by atoms with Crippen LogP contribution in [0.25, 0.3) is 10.8 Å². The molecule has 2 aromatic rings. The zero-order valence-electron chi connectivity index (χ0n) is 22.2. The number of nitrogens with two attached hydrogens (primary N) is 1. The number of benzene rings is 2. The predicted octanol–water partition coefficient (Wildman–Crippen LogP) is 2.32. The molecule has 0 saturated carbocycles. The summed E-state index contributed by atoms with van der Waals surface area (Å²) in [6.45, 7) is 7.15. The second-order valence-electron chi connectivity index (χ2n) is 9.32. The van der Waals surface area contributed by atoms with E-state index in [-0.39, 0.29) is 37.8 Å². The second-order valence-corrected chi connectivity index (χ2v) is 9.32. The molecule has 2 aromatic carbocycles. The molecule has 0 aromatic heterocycles. The number of nitrogens with one attached hydrogen (secondary N) is 3. The minimum atomic E-state index is -1.03. The largest absolute Gasteiger partial charge is 0.444 e. The van der Waals surface area contributed by atoms with Crippen LogP contribution < -0.4 is 26.7 Å². The fraction of sp³-hybridized carbons (Fsp3) is 0.440. The summed E-state index contributed by atoms with van der Waals surface area (Å²) in [6, 6.07) is 9.83. The average Bonchev–Trinajstić information content (AvgIpc) is 2.83. The fourth-order valence-electron chi connectivity index (χ4n) is 3.81. The van der Waals surface area contributed by atoms with E-state index in [1.807, 2.05) is 24.3 Å². The Balaban J connectivity index is 2.40. The van der Waals surface area contributed by atoms with Crippen molar-refractivity contribution in [1.82, 2.24) is 16.1 Å². The van der Waals surface area contributed by atoms with Crippen LogP contribution in [-0.2, 0) is 9.53 Å². The lowest BCUT2D eigenvalue weighted by Gasteiger charge is -2.29. The first-order valence-corrected chi connectivity index (χ1v) is 12.1. The number of nitrogens with zero attached hydrogens (tertiary/aromatic N) is 3. The van der Waals surface area contributed by atoms with Gasteiger partial charge in [-0.3, -0.25) is 9.59 Å². The molecule has 1 unspecified atom stereocenters. The molecule has 2 rings (SSSR count). The lowest BCUT2D eigenvalue weighted by atomic mass is 10.00. The highest BCUT2D eigenvalue weighted by Crippen LogP contribution is 2.30. The molecule has 1 atom stereocenters. The Morgan fingerprint density at radius 2 is 1.87 bits per heavy atom. The van der Waals surface area contributed by atoms with Gasteiger partial charge in [0, 0.05) is 20.1 Å². The molecule has 13 nitrogen and oxygen atoms in total. The summed E-state index contributed by atoms with van der Waals surface area (Å²) < 4.78 is 5.35. The van der Waals surface area contributed by atoms with Crippen molar-refractivity contribution >= 4 is 40.3 Å². The van der Waals surface area contributed by atoms with Crippen LogP contribution in [0, 0.1) is 10.1 Å². The molecule has 0 fully saturated rings. The van der Waals surface area contributed by atoms with Crippen LogP contribution in [0.15, 0.2) is 41.4 Å². The minimum Gasteiger partial charge on any atom is -0.444 e. The summed E-state index contributed by atoms with van der Waals surface area (Å²) in [7, 11) is 1.51. The van der Waals surface area contributed by atoms with Gasteiger partial charge < -0.3 is 26.0 Å². The van der Waals surface area contributed by atoms with Crippen molar-refractivity contribution < 1.29 is 24.2 Å². The van der Waals surface area contributed by atoms with Gasteiger partial charge in [0.2, 0.25) is 5.91 Å². The van der Waals surface area contributed by atoms with Gasteiger partial charge in [0.1, 0.15) is 11.6 Å². The third kappa shape index (κ3) is 8.32. The van der Waals surface area contributed by atoms with Crippen LogP contribution in [0.5, 0.6) is 0 Å². The van der Waals surface area contributed by atoms with E-state index in [1.54, 1.807) is 45.3 Å². The number of amides is 3. The lowest BCUT2D eigenvalue weighted by molar-refractivity contribution is -0.525. The first-order chi connectivity index (χ1) is 17.9. The van der Waals surface area contributed by atoms with E-state index in [0.29, 0.717) is 16.6 Å². The number of hydrogen-bond donors (Lipinski definition) is 4. The van der Waals surface area contributed by atoms with E-state index in [1.165, 1.54) is 11.9 Å². The number of fused-ring (bicyclic) bond motifs is 1. The van der Waals surface area contributed by atoms with Crippen molar-refractivity contribution in [3.05, 3.63) is 52.1 Å². The summed E-state index contributed by atoms with van der Waals surface area (Å²) in [4.78, 5) is 55.1. The number of hydrazine groups is 1. The molecule has 13 heteroatoms. The smallest absolute Gasteiger partial charge is 0.408 e. The van der Waals surface area contributed by atoms with E-state index in [2.05, 4.69) is 15.6 Å². The van der Waals surface area contributed by atoms with Crippen molar-refractivity contribution in [3.8, 4) is 0 Å². The third-order valence-electron chi connectivity index (χ3n) is 5.36. The number of nitro groups is 1. The zero-order chi connectivity index (χ0) is 28.5. The highest BCUT2D eigenvalue weighted by Gasteiger charge is 2.30. The van der Waals surface area contributed by atoms with Crippen molar-refractivity contribution in [2.24, 2.45) is 10.7 Å². The first kappa shape index (κ1) is 29.8. The highest BCUT2D eigenvalue weighted by atomic mass is 16.7. The highest BCUT2D eigenvalue weighted by molar-refractivity contribution is 6.14. The molecule has 0 aliphatic heterocycles. The van der Waals surface area contributed by atoms with E-state index in [0.717, 1.165) is 5.39 Å². The lowest BCUT2D eigenvalue weighted by Crippen LogP contribution is -2.50. The number of alkyl carbamates (subject to hydrolysis) is 1. The molecule has 0 aliphatic rings. The Hall–Kier alpha value is -4.42. The molecular formula is C25H35N7O6. The van der Waals surface area contributed by atoms with E-state index in [4.69, 9.17) is 10.5 Å². The molecule has 3 amide bonds. The molecule has 206 valence electrons. The number of hydrogen-bond acceptors (Lipinski definition) is 7. The van der Waals surface area contributed by atoms with Gasteiger partial charge in [-0.2, -0.15) is 0 Å². The number of guanidine groups is 1. The Labute approximate surface area is 220 Å².